The van der Waals surface area contributed by atoms with Gasteiger partial charge in [-0.15, -0.1) is 5.10 Å². The lowest BCUT2D eigenvalue weighted by molar-refractivity contribution is -0.129. The van der Waals surface area contributed by atoms with Crippen molar-refractivity contribution in [2.75, 3.05) is 32.6 Å². The molecule has 0 fully saturated rings. The fourth-order valence-corrected chi connectivity index (χ4v) is 4.19. The van der Waals surface area contributed by atoms with Gasteiger partial charge in [-0.2, -0.15) is 0 Å². The molecule has 2 aromatic carbocycles. The first-order valence-corrected chi connectivity index (χ1v) is 11.5. The zero-order valence-corrected chi connectivity index (χ0v) is 19.3. The number of carbonyl (C=O) groups is 1. The average molecular weight is 475 g/mol. The van der Waals surface area contributed by atoms with Gasteiger partial charge in [-0.05, 0) is 37.3 Å². The minimum absolute atomic E-state index is 0.0216. The molecule has 1 aromatic heterocycles. The van der Waals surface area contributed by atoms with Gasteiger partial charge >= 0.3 is 0 Å². The summed E-state index contributed by atoms with van der Waals surface area (Å²) in [5.74, 6) is 2.77. The molecule has 0 bridgehead atoms. The second kappa shape index (κ2) is 10.1. The lowest BCUT2D eigenvalue weighted by Gasteiger charge is -2.30. The Hall–Kier alpha value is -2.91. The standard InChI is InChI=1S/C22H23ClN4O4S/c1-3-27(11-15-12-30-18-6-4-5-7-19(18)31-15)20(28)13-32-22-24-21(25-26-22)16-10-14(23)8-9-17(16)29-2/h4-10,15H,3,11-13H2,1-2H3,(H,24,25,26). The molecule has 1 amide bonds. The number of aromatic amines is 1. The largest absolute Gasteiger partial charge is 0.496 e. The number of ether oxygens (including phenoxy) is 3. The number of hydrogen-bond donors (Lipinski definition) is 1. The molecule has 0 radical (unpaired) electrons. The number of nitrogens with zero attached hydrogens (tertiary/aromatic N) is 3. The Morgan fingerprint density at radius 3 is 2.91 bits per heavy atom. The molecular formula is C22H23ClN4O4S. The van der Waals surface area contributed by atoms with E-state index in [2.05, 4.69) is 15.2 Å². The van der Waals surface area contributed by atoms with Crippen LogP contribution in [0, 0.1) is 0 Å². The number of rotatable bonds is 8. The summed E-state index contributed by atoms with van der Waals surface area (Å²) in [6.45, 7) is 3.36. The van der Waals surface area contributed by atoms with E-state index in [9.17, 15) is 4.79 Å². The topological polar surface area (TPSA) is 89.6 Å². The molecule has 1 N–H and O–H groups in total. The van der Waals surface area contributed by atoms with E-state index in [-0.39, 0.29) is 17.8 Å². The highest BCUT2D eigenvalue weighted by atomic mass is 35.5. The molecule has 32 heavy (non-hydrogen) atoms. The zero-order valence-electron chi connectivity index (χ0n) is 17.7. The molecule has 0 saturated heterocycles. The van der Waals surface area contributed by atoms with Crippen molar-refractivity contribution in [2.45, 2.75) is 18.2 Å². The molecular weight excluding hydrogens is 452 g/mol. The van der Waals surface area contributed by atoms with Crippen molar-refractivity contribution in [2.24, 2.45) is 0 Å². The van der Waals surface area contributed by atoms with Gasteiger partial charge in [0.15, 0.2) is 23.4 Å². The molecule has 0 saturated carbocycles. The van der Waals surface area contributed by atoms with Crippen molar-refractivity contribution >= 4 is 29.3 Å². The Morgan fingerprint density at radius 1 is 1.31 bits per heavy atom. The predicted molar refractivity (Wildman–Crippen MR) is 123 cm³/mol. The number of thioether (sulfide) groups is 1. The number of likely N-dealkylation sites (N-methyl/N-ethyl adjacent to an activating group) is 1. The molecule has 168 valence electrons. The molecule has 1 unspecified atom stereocenters. The van der Waals surface area contributed by atoms with E-state index in [4.69, 9.17) is 25.8 Å². The lowest BCUT2D eigenvalue weighted by Crippen LogP contribution is -2.44. The molecule has 8 nitrogen and oxygen atoms in total. The highest BCUT2D eigenvalue weighted by Crippen LogP contribution is 2.32. The summed E-state index contributed by atoms with van der Waals surface area (Å²) in [6.07, 6.45) is -0.218. The van der Waals surface area contributed by atoms with Gasteiger partial charge in [-0.3, -0.25) is 9.89 Å². The highest BCUT2D eigenvalue weighted by molar-refractivity contribution is 7.99. The monoisotopic (exact) mass is 474 g/mol. The third-order valence-electron chi connectivity index (χ3n) is 4.93. The second-order valence-corrected chi connectivity index (χ2v) is 8.41. The highest BCUT2D eigenvalue weighted by Gasteiger charge is 2.25. The number of nitrogens with one attached hydrogen (secondary N) is 1. The van der Waals surface area contributed by atoms with E-state index >= 15 is 0 Å². The number of para-hydroxylation sites is 2. The van der Waals surface area contributed by atoms with Crippen LogP contribution in [0.1, 0.15) is 6.92 Å². The van der Waals surface area contributed by atoms with Crippen molar-refractivity contribution in [1.82, 2.24) is 20.1 Å². The Bertz CT molecular complexity index is 1090. The number of benzene rings is 2. The Morgan fingerprint density at radius 2 is 2.12 bits per heavy atom. The number of aromatic nitrogens is 3. The number of H-pyrrole nitrogens is 1. The first kappa shape index (κ1) is 22.3. The first-order chi connectivity index (χ1) is 15.6. The van der Waals surface area contributed by atoms with E-state index < -0.39 is 0 Å². The van der Waals surface area contributed by atoms with Crippen molar-refractivity contribution in [3.63, 3.8) is 0 Å². The maximum atomic E-state index is 12.8. The normalized spacial score (nSPS) is 14.8. The van der Waals surface area contributed by atoms with E-state index in [0.29, 0.717) is 52.8 Å². The molecule has 0 spiro atoms. The van der Waals surface area contributed by atoms with Crippen LogP contribution in [-0.2, 0) is 4.79 Å². The number of fused-ring (bicyclic) bond motifs is 1. The van der Waals surface area contributed by atoms with Gasteiger partial charge in [0.2, 0.25) is 11.1 Å². The summed E-state index contributed by atoms with van der Waals surface area (Å²) < 4.78 is 17.1. The van der Waals surface area contributed by atoms with Gasteiger partial charge in [0.1, 0.15) is 12.4 Å². The van der Waals surface area contributed by atoms with E-state index in [1.54, 1.807) is 30.2 Å². The summed E-state index contributed by atoms with van der Waals surface area (Å²) in [5.41, 5.74) is 0.704. The predicted octanol–water partition coefficient (Wildman–Crippen LogP) is 3.91. The second-order valence-electron chi connectivity index (χ2n) is 7.03. The van der Waals surface area contributed by atoms with Crippen LogP contribution >= 0.6 is 23.4 Å². The molecule has 0 aliphatic carbocycles. The van der Waals surface area contributed by atoms with E-state index in [1.807, 2.05) is 31.2 Å². The molecule has 1 aliphatic heterocycles. The maximum absolute atomic E-state index is 12.8. The number of carbonyl (C=O) groups excluding carboxylic acids is 1. The van der Waals surface area contributed by atoms with Gasteiger partial charge in [-0.1, -0.05) is 35.5 Å². The van der Waals surface area contributed by atoms with Crippen LogP contribution in [0.2, 0.25) is 5.02 Å². The molecule has 3 aromatic rings. The summed E-state index contributed by atoms with van der Waals surface area (Å²) in [5, 5.41) is 8.13. The number of halogens is 1. The summed E-state index contributed by atoms with van der Waals surface area (Å²) in [7, 11) is 1.58. The van der Waals surface area contributed by atoms with Crippen molar-refractivity contribution < 1.29 is 19.0 Å². The number of methoxy groups -OCH3 is 1. The summed E-state index contributed by atoms with van der Waals surface area (Å²) in [6, 6.07) is 12.8. The SMILES string of the molecule is CCN(CC1COc2ccccc2O1)C(=O)CSc1n[nH]c(-c2cc(Cl)ccc2OC)n1. The molecule has 1 aliphatic rings. The van der Waals surface area contributed by atoms with Crippen LogP contribution < -0.4 is 14.2 Å². The summed E-state index contributed by atoms with van der Waals surface area (Å²) in [4.78, 5) is 19.0. The van der Waals surface area contributed by atoms with Crippen molar-refractivity contribution in [1.29, 1.82) is 0 Å². The maximum Gasteiger partial charge on any atom is 0.233 e. The third kappa shape index (κ3) is 5.11. The van der Waals surface area contributed by atoms with E-state index in [1.165, 1.54) is 11.8 Å². The Labute approximate surface area is 195 Å². The average Bonchev–Trinajstić information content (AvgIpc) is 3.30. The Balaban J connectivity index is 1.35. The molecule has 4 rings (SSSR count). The number of amides is 1. The van der Waals surface area contributed by atoms with Crippen LogP contribution in [0.5, 0.6) is 17.2 Å². The van der Waals surface area contributed by atoms with Crippen LogP contribution in [0.4, 0.5) is 0 Å². The Kier molecular flexibility index (Phi) is 7.06. The first-order valence-electron chi connectivity index (χ1n) is 10.1. The molecule has 2 heterocycles. The van der Waals surface area contributed by atoms with Gasteiger partial charge < -0.3 is 19.1 Å². The zero-order chi connectivity index (χ0) is 22.5. The van der Waals surface area contributed by atoms with Crippen molar-refractivity contribution in [3.05, 3.63) is 47.5 Å². The van der Waals surface area contributed by atoms with Crippen LogP contribution in [0.15, 0.2) is 47.6 Å². The van der Waals surface area contributed by atoms with Crippen LogP contribution in [-0.4, -0.2) is 64.7 Å². The van der Waals surface area contributed by atoms with Gasteiger partial charge in [-0.25, -0.2) is 4.98 Å². The lowest BCUT2D eigenvalue weighted by atomic mass is 10.2. The van der Waals surface area contributed by atoms with Crippen molar-refractivity contribution in [3.8, 4) is 28.6 Å². The minimum atomic E-state index is -0.218. The minimum Gasteiger partial charge on any atom is -0.496 e. The fourth-order valence-electron chi connectivity index (χ4n) is 3.32. The van der Waals surface area contributed by atoms with Crippen LogP contribution in [0.25, 0.3) is 11.4 Å². The van der Waals surface area contributed by atoms with Gasteiger partial charge in [0, 0.05) is 11.6 Å². The fraction of sp³-hybridized carbons (Fsp3) is 0.318. The van der Waals surface area contributed by atoms with E-state index in [0.717, 1.165) is 5.75 Å². The van der Waals surface area contributed by atoms with Gasteiger partial charge in [0.05, 0.1) is 25.0 Å². The third-order valence-corrected chi connectivity index (χ3v) is 6.00. The molecule has 10 heteroatoms. The van der Waals surface area contributed by atoms with Gasteiger partial charge in [0.25, 0.3) is 0 Å². The molecule has 1 atom stereocenters. The summed E-state index contributed by atoms with van der Waals surface area (Å²) >= 11 is 7.37. The number of hydrogen-bond acceptors (Lipinski definition) is 7. The smallest absolute Gasteiger partial charge is 0.233 e. The quantitative estimate of drug-likeness (QED) is 0.495. The van der Waals surface area contributed by atoms with Crippen LogP contribution in [0.3, 0.4) is 0 Å².